The van der Waals surface area contributed by atoms with Gasteiger partial charge in [-0.3, -0.25) is 5.32 Å². The van der Waals surface area contributed by atoms with Crippen molar-refractivity contribution in [2.75, 3.05) is 6.54 Å². The Labute approximate surface area is 101 Å². The van der Waals surface area contributed by atoms with Gasteiger partial charge in [0.1, 0.15) is 0 Å². The second kappa shape index (κ2) is 3.73. The van der Waals surface area contributed by atoms with Gasteiger partial charge in [0.2, 0.25) is 0 Å². The molecule has 3 atom stereocenters. The average molecular weight is 238 g/mol. The molecule has 1 fully saturated rings. The summed E-state index contributed by atoms with van der Waals surface area (Å²) in [6.45, 7) is 3.75. The van der Waals surface area contributed by atoms with E-state index in [4.69, 9.17) is 16.3 Å². The number of ether oxygens (including phenoxy) is 1. The van der Waals surface area contributed by atoms with E-state index in [-0.39, 0.29) is 17.0 Å². The summed E-state index contributed by atoms with van der Waals surface area (Å²) in [4.78, 5) is 0. The Balaban J connectivity index is 2.10. The van der Waals surface area contributed by atoms with E-state index in [1.807, 2.05) is 0 Å². The molecule has 0 saturated carbocycles. The van der Waals surface area contributed by atoms with Gasteiger partial charge in [-0.1, -0.05) is 31.2 Å². The molecule has 86 valence electrons. The van der Waals surface area contributed by atoms with E-state index < -0.39 is 0 Å². The molecule has 0 amide bonds. The third-order valence-corrected chi connectivity index (χ3v) is 4.37. The zero-order valence-corrected chi connectivity index (χ0v) is 10.1. The first-order valence-corrected chi connectivity index (χ1v) is 6.30. The molecule has 0 bridgehead atoms. The number of fused-ring (bicyclic) bond motifs is 3. The van der Waals surface area contributed by atoms with Crippen LogP contribution < -0.4 is 5.32 Å². The SMILES string of the molecule is CCC12CNC(Cl)C1c1ccccc1CO2. The van der Waals surface area contributed by atoms with Crippen molar-refractivity contribution >= 4 is 11.6 Å². The van der Waals surface area contributed by atoms with Gasteiger partial charge in [-0.2, -0.15) is 0 Å². The average Bonchev–Trinajstić information content (AvgIpc) is 2.68. The minimum Gasteiger partial charge on any atom is -0.368 e. The lowest BCUT2D eigenvalue weighted by molar-refractivity contribution is -0.0688. The van der Waals surface area contributed by atoms with E-state index in [0.717, 1.165) is 13.0 Å². The Morgan fingerprint density at radius 3 is 3.12 bits per heavy atom. The molecule has 0 aliphatic carbocycles. The zero-order valence-electron chi connectivity index (χ0n) is 9.37. The number of nitrogens with one attached hydrogen (secondary N) is 1. The summed E-state index contributed by atoms with van der Waals surface area (Å²) in [6.07, 6.45) is 1.00. The van der Waals surface area contributed by atoms with Crippen molar-refractivity contribution < 1.29 is 4.74 Å². The minimum atomic E-state index is -0.0965. The zero-order chi connectivity index (χ0) is 11.2. The fourth-order valence-corrected chi connectivity index (χ4v) is 3.43. The van der Waals surface area contributed by atoms with Crippen LogP contribution in [0.25, 0.3) is 0 Å². The van der Waals surface area contributed by atoms with Crippen molar-refractivity contribution in [2.45, 2.75) is 37.0 Å². The number of halogens is 1. The minimum absolute atomic E-state index is 0.0126. The molecular formula is C13H16ClNO. The van der Waals surface area contributed by atoms with Gasteiger partial charge in [-0.15, -0.1) is 11.6 Å². The molecule has 2 aliphatic heterocycles. The van der Waals surface area contributed by atoms with Gasteiger partial charge in [0, 0.05) is 12.5 Å². The first-order chi connectivity index (χ1) is 7.77. The van der Waals surface area contributed by atoms with E-state index in [2.05, 4.69) is 36.5 Å². The van der Waals surface area contributed by atoms with E-state index >= 15 is 0 Å². The molecule has 1 aromatic rings. The molecule has 1 saturated heterocycles. The van der Waals surface area contributed by atoms with Gasteiger partial charge in [0.25, 0.3) is 0 Å². The molecule has 0 spiro atoms. The van der Waals surface area contributed by atoms with Crippen LogP contribution in [0.5, 0.6) is 0 Å². The van der Waals surface area contributed by atoms with Crippen molar-refractivity contribution in [1.29, 1.82) is 0 Å². The summed E-state index contributed by atoms with van der Waals surface area (Å²) in [6, 6.07) is 8.48. The Hall–Kier alpha value is -0.570. The van der Waals surface area contributed by atoms with E-state index in [9.17, 15) is 0 Å². The number of rotatable bonds is 1. The summed E-state index contributed by atoms with van der Waals surface area (Å²) in [5, 5.41) is 3.33. The lowest BCUT2D eigenvalue weighted by atomic mass is 9.79. The summed E-state index contributed by atoms with van der Waals surface area (Å²) in [7, 11) is 0. The molecule has 2 heterocycles. The number of hydrogen-bond acceptors (Lipinski definition) is 2. The number of hydrogen-bond donors (Lipinski definition) is 1. The van der Waals surface area contributed by atoms with Crippen molar-refractivity contribution in [3.63, 3.8) is 0 Å². The highest BCUT2D eigenvalue weighted by atomic mass is 35.5. The first kappa shape index (κ1) is 10.6. The summed E-state index contributed by atoms with van der Waals surface area (Å²) in [5.74, 6) is 0.282. The van der Waals surface area contributed by atoms with Gasteiger partial charge < -0.3 is 4.74 Å². The second-order valence-corrected chi connectivity index (χ2v) is 5.14. The summed E-state index contributed by atoms with van der Waals surface area (Å²) < 4.78 is 6.09. The quantitative estimate of drug-likeness (QED) is 0.599. The third kappa shape index (κ3) is 1.33. The lowest BCUT2D eigenvalue weighted by Crippen LogP contribution is -2.42. The maximum atomic E-state index is 6.39. The first-order valence-electron chi connectivity index (χ1n) is 5.86. The van der Waals surface area contributed by atoms with Crippen LogP contribution in [-0.2, 0) is 11.3 Å². The van der Waals surface area contributed by atoms with Crippen molar-refractivity contribution in [2.24, 2.45) is 0 Å². The molecule has 1 aromatic carbocycles. The molecular weight excluding hydrogens is 222 g/mol. The maximum absolute atomic E-state index is 6.39. The Kier molecular flexibility index (Phi) is 2.46. The topological polar surface area (TPSA) is 21.3 Å². The smallest absolute Gasteiger partial charge is 0.0924 e. The standard InChI is InChI=1S/C13H16ClNO/c1-2-13-8-15-12(14)11(13)10-6-4-3-5-9(10)7-16-13/h3-6,11-12,15H,2,7-8H2,1H3. The highest BCUT2D eigenvalue weighted by molar-refractivity contribution is 6.21. The van der Waals surface area contributed by atoms with Crippen molar-refractivity contribution in [3.8, 4) is 0 Å². The summed E-state index contributed by atoms with van der Waals surface area (Å²) >= 11 is 6.39. The predicted molar refractivity (Wildman–Crippen MR) is 64.6 cm³/mol. The highest BCUT2D eigenvalue weighted by Gasteiger charge is 2.51. The molecule has 3 heteroatoms. The highest BCUT2D eigenvalue weighted by Crippen LogP contribution is 2.47. The van der Waals surface area contributed by atoms with Crippen LogP contribution >= 0.6 is 11.6 Å². The van der Waals surface area contributed by atoms with Crippen LogP contribution in [0, 0.1) is 0 Å². The monoisotopic (exact) mass is 237 g/mol. The second-order valence-electron chi connectivity index (χ2n) is 4.67. The van der Waals surface area contributed by atoms with Gasteiger partial charge >= 0.3 is 0 Å². The predicted octanol–water partition coefficient (Wildman–Crippen LogP) is 2.62. The lowest BCUT2D eigenvalue weighted by Gasteiger charge is -2.40. The fourth-order valence-electron chi connectivity index (χ4n) is 2.98. The molecule has 3 unspecified atom stereocenters. The van der Waals surface area contributed by atoms with E-state index in [1.165, 1.54) is 11.1 Å². The Morgan fingerprint density at radius 2 is 2.31 bits per heavy atom. The van der Waals surface area contributed by atoms with Crippen molar-refractivity contribution in [3.05, 3.63) is 35.4 Å². The Bertz CT molecular complexity index is 409. The van der Waals surface area contributed by atoms with E-state index in [0.29, 0.717) is 6.61 Å². The Morgan fingerprint density at radius 1 is 1.50 bits per heavy atom. The molecule has 1 N–H and O–H groups in total. The van der Waals surface area contributed by atoms with Gasteiger partial charge in [0.05, 0.1) is 17.7 Å². The maximum Gasteiger partial charge on any atom is 0.0924 e. The molecule has 0 radical (unpaired) electrons. The molecule has 2 nitrogen and oxygen atoms in total. The fraction of sp³-hybridized carbons (Fsp3) is 0.538. The van der Waals surface area contributed by atoms with Crippen LogP contribution in [0.1, 0.15) is 30.4 Å². The molecule has 16 heavy (non-hydrogen) atoms. The molecule has 3 rings (SSSR count). The summed E-state index contributed by atoms with van der Waals surface area (Å²) in [5.41, 5.74) is 2.54. The van der Waals surface area contributed by atoms with Crippen molar-refractivity contribution in [1.82, 2.24) is 5.32 Å². The van der Waals surface area contributed by atoms with Crippen LogP contribution in [0.2, 0.25) is 0 Å². The van der Waals surface area contributed by atoms with Crippen LogP contribution in [0.3, 0.4) is 0 Å². The van der Waals surface area contributed by atoms with Gasteiger partial charge in [-0.25, -0.2) is 0 Å². The van der Waals surface area contributed by atoms with E-state index in [1.54, 1.807) is 0 Å². The molecule has 0 aromatic heterocycles. The van der Waals surface area contributed by atoms with Crippen LogP contribution in [-0.4, -0.2) is 17.6 Å². The largest absolute Gasteiger partial charge is 0.368 e. The van der Waals surface area contributed by atoms with Gasteiger partial charge in [0.15, 0.2) is 0 Å². The van der Waals surface area contributed by atoms with Gasteiger partial charge in [-0.05, 0) is 17.5 Å². The van der Waals surface area contributed by atoms with Crippen LogP contribution in [0.15, 0.2) is 24.3 Å². The number of benzene rings is 1. The third-order valence-electron chi connectivity index (χ3n) is 3.96. The normalized spacial score (nSPS) is 36.9. The molecule has 2 aliphatic rings. The number of alkyl halides is 1. The van der Waals surface area contributed by atoms with Crippen LogP contribution in [0.4, 0.5) is 0 Å².